The van der Waals surface area contributed by atoms with Crippen LogP contribution < -0.4 is 11.1 Å². The molecule has 0 spiro atoms. The van der Waals surface area contributed by atoms with Gasteiger partial charge in [-0.2, -0.15) is 5.10 Å². The first-order valence-electron chi connectivity index (χ1n) is 5.78. The Kier molecular flexibility index (Phi) is 3.74. The standard InChI is InChI=1S/C13H16N4O/c1-10(14)13(18)16-12-5-2-4-11(8-12)9-17-7-3-6-15-17/h2-8,10H,9,14H2,1H3,(H,16,18)/t10-/m1/s1. The van der Waals surface area contributed by atoms with Crippen LogP contribution in [0, 0.1) is 0 Å². The molecule has 0 aliphatic heterocycles. The van der Waals surface area contributed by atoms with Crippen LogP contribution in [-0.2, 0) is 11.3 Å². The number of benzene rings is 1. The van der Waals surface area contributed by atoms with E-state index >= 15 is 0 Å². The van der Waals surface area contributed by atoms with Crippen LogP contribution in [0.15, 0.2) is 42.7 Å². The van der Waals surface area contributed by atoms with E-state index in [2.05, 4.69) is 10.4 Å². The molecule has 3 N–H and O–H groups in total. The van der Waals surface area contributed by atoms with Crippen LogP contribution in [-0.4, -0.2) is 21.7 Å². The summed E-state index contributed by atoms with van der Waals surface area (Å²) in [5, 5.41) is 6.91. The normalized spacial score (nSPS) is 12.1. The van der Waals surface area contributed by atoms with Gasteiger partial charge in [-0.3, -0.25) is 9.48 Å². The zero-order chi connectivity index (χ0) is 13.0. The van der Waals surface area contributed by atoms with Crippen LogP contribution in [0.5, 0.6) is 0 Å². The molecule has 18 heavy (non-hydrogen) atoms. The summed E-state index contributed by atoms with van der Waals surface area (Å²) in [5.74, 6) is -0.189. The molecule has 5 heteroatoms. The van der Waals surface area contributed by atoms with Gasteiger partial charge in [0.25, 0.3) is 0 Å². The molecule has 1 amide bonds. The molecule has 0 unspecified atom stereocenters. The van der Waals surface area contributed by atoms with Gasteiger partial charge in [0, 0.05) is 18.1 Å². The lowest BCUT2D eigenvalue weighted by molar-refractivity contribution is -0.117. The number of rotatable bonds is 4. The van der Waals surface area contributed by atoms with E-state index in [9.17, 15) is 4.79 Å². The Balaban J connectivity index is 2.08. The zero-order valence-electron chi connectivity index (χ0n) is 10.2. The van der Waals surface area contributed by atoms with Crippen LogP contribution in [0.3, 0.4) is 0 Å². The SMILES string of the molecule is C[C@@H](N)C(=O)Nc1cccc(Cn2cccn2)c1. The van der Waals surface area contributed by atoms with Crippen molar-refractivity contribution in [3.05, 3.63) is 48.3 Å². The molecule has 1 atom stereocenters. The Morgan fingerprint density at radius 1 is 1.50 bits per heavy atom. The monoisotopic (exact) mass is 244 g/mol. The van der Waals surface area contributed by atoms with Gasteiger partial charge >= 0.3 is 0 Å². The third-order valence-corrected chi connectivity index (χ3v) is 2.51. The van der Waals surface area contributed by atoms with Crippen LogP contribution >= 0.6 is 0 Å². The van der Waals surface area contributed by atoms with Gasteiger partial charge in [0.2, 0.25) is 5.91 Å². The molecule has 2 rings (SSSR count). The highest BCUT2D eigenvalue weighted by Crippen LogP contribution is 2.11. The van der Waals surface area contributed by atoms with E-state index in [0.29, 0.717) is 6.54 Å². The van der Waals surface area contributed by atoms with Gasteiger partial charge in [0.15, 0.2) is 0 Å². The van der Waals surface area contributed by atoms with Crippen LogP contribution in [0.4, 0.5) is 5.69 Å². The lowest BCUT2D eigenvalue weighted by Crippen LogP contribution is -2.32. The van der Waals surface area contributed by atoms with Crippen molar-refractivity contribution in [1.82, 2.24) is 9.78 Å². The lowest BCUT2D eigenvalue weighted by Gasteiger charge is -2.09. The predicted molar refractivity (Wildman–Crippen MR) is 70.1 cm³/mol. The van der Waals surface area contributed by atoms with E-state index in [1.165, 1.54) is 0 Å². The summed E-state index contributed by atoms with van der Waals surface area (Å²) in [4.78, 5) is 11.5. The van der Waals surface area contributed by atoms with Crippen LogP contribution in [0.1, 0.15) is 12.5 Å². The van der Waals surface area contributed by atoms with E-state index in [1.807, 2.05) is 41.2 Å². The van der Waals surface area contributed by atoms with Gasteiger partial charge in [-0.15, -0.1) is 0 Å². The second kappa shape index (κ2) is 5.46. The van der Waals surface area contributed by atoms with Crippen molar-refractivity contribution in [2.45, 2.75) is 19.5 Å². The Hall–Kier alpha value is -2.14. The van der Waals surface area contributed by atoms with Crippen molar-refractivity contribution < 1.29 is 4.79 Å². The Morgan fingerprint density at radius 2 is 2.33 bits per heavy atom. The molecule has 0 aliphatic carbocycles. The average Bonchev–Trinajstić information content (AvgIpc) is 2.82. The number of nitrogens with one attached hydrogen (secondary N) is 1. The zero-order valence-corrected chi connectivity index (χ0v) is 10.2. The number of nitrogens with two attached hydrogens (primary N) is 1. The molecule has 94 valence electrons. The first kappa shape index (κ1) is 12.3. The topological polar surface area (TPSA) is 72.9 Å². The van der Waals surface area contributed by atoms with E-state index in [-0.39, 0.29) is 5.91 Å². The second-order valence-corrected chi connectivity index (χ2v) is 4.18. The maximum atomic E-state index is 11.5. The van der Waals surface area contributed by atoms with Gasteiger partial charge in [-0.1, -0.05) is 12.1 Å². The van der Waals surface area contributed by atoms with E-state index in [4.69, 9.17) is 5.73 Å². The molecular formula is C13H16N4O. The molecule has 1 aromatic heterocycles. The van der Waals surface area contributed by atoms with Gasteiger partial charge in [0.05, 0.1) is 12.6 Å². The number of amides is 1. The Morgan fingerprint density at radius 3 is 3.00 bits per heavy atom. The van der Waals surface area contributed by atoms with Gasteiger partial charge in [0.1, 0.15) is 0 Å². The average molecular weight is 244 g/mol. The number of anilines is 1. The molecular weight excluding hydrogens is 228 g/mol. The summed E-state index contributed by atoms with van der Waals surface area (Å²) in [6, 6.07) is 9.01. The number of nitrogens with zero attached hydrogens (tertiary/aromatic N) is 2. The third-order valence-electron chi connectivity index (χ3n) is 2.51. The second-order valence-electron chi connectivity index (χ2n) is 4.18. The van der Waals surface area contributed by atoms with E-state index < -0.39 is 6.04 Å². The highest BCUT2D eigenvalue weighted by atomic mass is 16.2. The first-order chi connectivity index (χ1) is 8.65. The van der Waals surface area contributed by atoms with Crippen molar-refractivity contribution >= 4 is 11.6 Å². The summed E-state index contributed by atoms with van der Waals surface area (Å²) in [6.45, 7) is 2.33. The molecule has 5 nitrogen and oxygen atoms in total. The van der Waals surface area contributed by atoms with Crippen molar-refractivity contribution in [3.8, 4) is 0 Å². The van der Waals surface area contributed by atoms with Crippen LogP contribution in [0.25, 0.3) is 0 Å². The minimum Gasteiger partial charge on any atom is -0.325 e. The summed E-state index contributed by atoms with van der Waals surface area (Å²) < 4.78 is 1.83. The number of hydrogen-bond acceptors (Lipinski definition) is 3. The molecule has 0 bridgehead atoms. The molecule has 2 aromatic rings. The summed E-state index contributed by atoms with van der Waals surface area (Å²) in [5.41, 5.74) is 7.33. The number of carbonyl (C=O) groups is 1. The molecule has 0 radical (unpaired) electrons. The fraction of sp³-hybridized carbons (Fsp3) is 0.231. The maximum absolute atomic E-state index is 11.5. The number of carbonyl (C=O) groups excluding carboxylic acids is 1. The largest absolute Gasteiger partial charge is 0.325 e. The summed E-state index contributed by atoms with van der Waals surface area (Å²) in [6.07, 6.45) is 3.63. The van der Waals surface area contributed by atoms with E-state index in [0.717, 1.165) is 11.3 Å². The highest BCUT2D eigenvalue weighted by Gasteiger charge is 2.07. The molecule has 1 aromatic carbocycles. The molecule has 0 fully saturated rings. The summed E-state index contributed by atoms with van der Waals surface area (Å²) in [7, 11) is 0. The van der Waals surface area contributed by atoms with Crippen LogP contribution in [0.2, 0.25) is 0 Å². The van der Waals surface area contributed by atoms with Crippen molar-refractivity contribution in [2.75, 3.05) is 5.32 Å². The van der Waals surface area contributed by atoms with Gasteiger partial charge in [-0.25, -0.2) is 0 Å². The Bertz CT molecular complexity index is 520. The minimum absolute atomic E-state index is 0.189. The fourth-order valence-corrected chi connectivity index (χ4v) is 1.58. The minimum atomic E-state index is -0.514. The van der Waals surface area contributed by atoms with Gasteiger partial charge in [-0.05, 0) is 30.7 Å². The maximum Gasteiger partial charge on any atom is 0.240 e. The quantitative estimate of drug-likeness (QED) is 0.849. The summed E-state index contributed by atoms with van der Waals surface area (Å²) >= 11 is 0. The smallest absolute Gasteiger partial charge is 0.240 e. The predicted octanol–water partition coefficient (Wildman–Crippen LogP) is 1.22. The lowest BCUT2D eigenvalue weighted by atomic mass is 10.2. The van der Waals surface area contributed by atoms with Crippen molar-refractivity contribution in [3.63, 3.8) is 0 Å². The molecule has 0 aliphatic rings. The number of hydrogen-bond donors (Lipinski definition) is 2. The fourth-order valence-electron chi connectivity index (χ4n) is 1.58. The molecule has 1 heterocycles. The van der Waals surface area contributed by atoms with E-state index in [1.54, 1.807) is 13.1 Å². The number of aromatic nitrogens is 2. The first-order valence-corrected chi connectivity index (χ1v) is 5.78. The Labute approximate surface area is 106 Å². The molecule has 0 saturated carbocycles. The van der Waals surface area contributed by atoms with Crippen molar-refractivity contribution in [1.29, 1.82) is 0 Å². The van der Waals surface area contributed by atoms with Crippen molar-refractivity contribution in [2.24, 2.45) is 5.73 Å². The van der Waals surface area contributed by atoms with Gasteiger partial charge < -0.3 is 11.1 Å². The molecule has 0 saturated heterocycles. The highest BCUT2D eigenvalue weighted by molar-refractivity contribution is 5.94. The third kappa shape index (κ3) is 3.18.